The van der Waals surface area contributed by atoms with Crippen LogP contribution in [0.4, 0.5) is 5.69 Å². The number of amides is 1. The number of carbonyl (C=O) groups excluding carboxylic acids is 2. The number of esters is 1. The van der Waals surface area contributed by atoms with Crippen molar-refractivity contribution >= 4 is 17.6 Å². The van der Waals surface area contributed by atoms with E-state index in [0.29, 0.717) is 41.7 Å². The van der Waals surface area contributed by atoms with Crippen LogP contribution in [0.3, 0.4) is 0 Å². The van der Waals surface area contributed by atoms with E-state index < -0.39 is 24.6 Å². The highest BCUT2D eigenvalue weighted by Gasteiger charge is 2.18. The number of fused-ring (bicyclic) bond motifs is 1. The number of rotatable bonds is 6. The van der Waals surface area contributed by atoms with Crippen LogP contribution in [-0.2, 0) is 14.3 Å². The second kappa shape index (κ2) is 9.46. The first-order chi connectivity index (χ1) is 14.0. The Labute approximate surface area is 167 Å². The number of hydrogen-bond donors (Lipinski definition) is 1. The Balaban J connectivity index is 1.47. The van der Waals surface area contributed by atoms with Crippen molar-refractivity contribution in [2.75, 3.05) is 25.1 Å². The van der Waals surface area contributed by atoms with Gasteiger partial charge in [0, 0.05) is 18.2 Å². The van der Waals surface area contributed by atoms with Crippen LogP contribution in [0.1, 0.15) is 18.9 Å². The van der Waals surface area contributed by atoms with Gasteiger partial charge in [0.1, 0.15) is 5.75 Å². The molecule has 1 heterocycles. The predicted molar refractivity (Wildman–Crippen MR) is 103 cm³/mol. The number of carbonyl (C=O) groups is 2. The molecule has 8 nitrogen and oxygen atoms in total. The van der Waals surface area contributed by atoms with Gasteiger partial charge >= 0.3 is 5.97 Å². The normalized spacial score (nSPS) is 13.4. The summed E-state index contributed by atoms with van der Waals surface area (Å²) in [7, 11) is 0. The SMILES string of the molecule is C[C@@H](Oc1ccc(C#N)cc1)C(=O)OCC(=O)Nc1ccc2c(c1)OCCCO2. The molecular weight excluding hydrogens is 376 g/mol. The highest BCUT2D eigenvalue weighted by atomic mass is 16.6. The summed E-state index contributed by atoms with van der Waals surface area (Å²) in [4.78, 5) is 24.1. The van der Waals surface area contributed by atoms with E-state index in [9.17, 15) is 9.59 Å². The molecule has 3 rings (SSSR count). The van der Waals surface area contributed by atoms with Crippen molar-refractivity contribution in [3.8, 4) is 23.3 Å². The lowest BCUT2D eigenvalue weighted by molar-refractivity contribution is -0.153. The van der Waals surface area contributed by atoms with Crippen LogP contribution in [-0.4, -0.2) is 37.8 Å². The third-order valence-electron chi connectivity index (χ3n) is 4.00. The number of anilines is 1. The van der Waals surface area contributed by atoms with Gasteiger partial charge in [-0.25, -0.2) is 4.79 Å². The van der Waals surface area contributed by atoms with Crippen LogP contribution < -0.4 is 19.5 Å². The van der Waals surface area contributed by atoms with Crippen molar-refractivity contribution in [2.45, 2.75) is 19.4 Å². The molecule has 1 N–H and O–H groups in total. The predicted octanol–water partition coefficient (Wildman–Crippen LogP) is 2.67. The molecule has 0 aromatic heterocycles. The molecule has 8 heteroatoms. The zero-order valence-corrected chi connectivity index (χ0v) is 15.8. The number of ether oxygens (including phenoxy) is 4. The molecule has 0 fully saturated rings. The van der Waals surface area contributed by atoms with Crippen molar-refractivity contribution in [1.82, 2.24) is 0 Å². The van der Waals surface area contributed by atoms with Gasteiger partial charge in [-0.05, 0) is 43.3 Å². The molecule has 150 valence electrons. The van der Waals surface area contributed by atoms with Gasteiger partial charge in [0.25, 0.3) is 5.91 Å². The molecule has 0 spiro atoms. The number of nitriles is 1. The zero-order chi connectivity index (χ0) is 20.6. The van der Waals surface area contributed by atoms with E-state index in [1.807, 2.05) is 6.07 Å². The Morgan fingerprint density at radius 1 is 1.14 bits per heavy atom. The molecule has 0 bridgehead atoms. The lowest BCUT2D eigenvalue weighted by Crippen LogP contribution is -2.29. The lowest BCUT2D eigenvalue weighted by Gasteiger charge is -2.14. The average Bonchev–Trinajstić information content (AvgIpc) is 2.97. The number of nitrogens with one attached hydrogen (secondary N) is 1. The molecule has 1 atom stereocenters. The first-order valence-corrected chi connectivity index (χ1v) is 9.08. The second-order valence-electron chi connectivity index (χ2n) is 6.26. The van der Waals surface area contributed by atoms with Gasteiger partial charge < -0.3 is 24.3 Å². The van der Waals surface area contributed by atoms with Gasteiger partial charge in [-0.2, -0.15) is 5.26 Å². The summed E-state index contributed by atoms with van der Waals surface area (Å²) in [5.41, 5.74) is 0.996. The molecular formula is C21H20N2O6. The van der Waals surface area contributed by atoms with Crippen molar-refractivity contribution < 1.29 is 28.5 Å². The first kappa shape index (κ1) is 20.0. The highest BCUT2D eigenvalue weighted by molar-refractivity contribution is 5.93. The third-order valence-corrected chi connectivity index (χ3v) is 4.00. The maximum Gasteiger partial charge on any atom is 0.347 e. The first-order valence-electron chi connectivity index (χ1n) is 9.08. The minimum absolute atomic E-state index is 0.421. The van der Waals surface area contributed by atoms with Gasteiger partial charge in [-0.15, -0.1) is 0 Å². The maximum absolute atomic E-state index is 12.1. The summed E-state index contributed by atoms with van der Waals surface area (Å²) in [6, 6.07) is 13.4. The quantitative estimate of drug-likeness (QED) is 0.748. The van der Waals surface area contributed by atoms with Gasteiger partial charge in [-0.1, -0.05) is 0 Å². The topological polar surface area (TPSA) is 107 Å². The van der Waals surface area contributed by atoms with E-state index in [0.717, 1.165) is 6.42 Å². The van der Waals surface area contributed by atoms with Crippen LogP contribution in [0, 0.1) is 11.3 Å². The third kappa shape index (κ3) is 5.62. The minimum atomic E-state index is -0.909. The fourth-order valence-electron chi connectivity index (χ4n) is 2.55. The van der Waals surface area contributed by atoms with Gasteiger partial charge in [0.05, 0.1) is 24.8 Å². The molecule has 1 aliphatic rings. The Morgan fingerprint density at radius 3 is 2.59 bits per heavy atom. The number of hydrogen-bond acceptors (Lipinski definition) is 7. The smallest absolute Gasteiger partial charge is 0.347 e. The lowest BCUT2D eigenvalue weighted by atomic mass is 10.2. The Morgan fingerprint density at radius 2 is 1.86 bits per heavy atom. The standard InChI is InChI=1S/C21H20N2O6/c1-14(29-17-6-3-15(12-22)4-7-17)21(25)28-13-20(24)23-16-5-8-18-19(11-16)27-10-2-9-26-18/h3-8,11,14H,2,9-10,13H2,1H3,(H,23,24)/t14-/m1/s1. The van der Waals surface area contributed by atoms with Crippen molar-refractivity contribution in [3.63, 3.8) is 0 Å². The summed E-state index contributed by atoms with van der Waals surface area (Å²) >= 11 is 0. The largest absolute Gasteiger partial charge is 0.490 e. The number of benzene rings is 2. The minimum Gasteiger partial charge on any atom is -0.490 e. The van der Waals surface area contributed by atoms with Crippen LogP contribution in [0.25, 0.3) is 0 Å². The van der Waals surface area contributed by atoms with E-state index in [-0.39, 0.29) is 0 Å². The van der Waals surface area contributed by atoms with Gasteiger partial charge in [-0.3, -0.25) is 4.79 Å². The number of nitrogens with zero attached hydrogens (tertiary/aromatic N) is 1. The van der Waals surface area contributed by atoms with Crippen molar-refractivity contribution in [1.29, 1.82) is 5.26 Å². The Kier molecular flexibility index (Phi) is 6.53. The average molecular weight is 396 g/mol. The molecule has 2 aromatic rings. The van der Waals surface area contributed by atoms with Crippen LogP contribution in [0.5, 0.6) is 17.2 Å². The fourth-order valence-corrected chi connectivity index (χ4v) is 2.55. The second-order valence-corrected chi connectivity index (χ2v) is 6.26. The van der Waals surface area contributed by atoms with E-state index in [1.165, 1.54) is 6.92 Å². The highest BCUT2D eigenvalue weighted by Crippen LogP contribution is 2.32. The van der Waals surface area contributed by atoms with Crippen LogP contribution >= 0.6 is 0 Å². The molecule has 0 aliphatic carbocycles. The van der Waals surface area contributed by atoms with Crippen molar-refractivity contribution in [2.24, 2.45) is 0 Å². The molecule has 2 aromatic carbocycles. The Hall–Kier alpha value is -3.73. The van der Waals surface area contributed by atoms with Gasteiger partial charge in [0.2, 0.25) is 0 Å². The molecule has 0 unspecified atom stereocenters. The van der Waals surface area contributed by atoms with E-state index >= 15 is 0 Å². The summed E-state index contributed by atoms with van der Waals surface area (Å²) in [5, 5.41) is 11.4. The van der Waals surface area contributed by atoms with Gasteiger partial charge in [0.15, 0.2) is 24.2 Å². The molecule has 0 saturated carbocycles. The summed E-state index contributed by atoms with van der Waals surface area (Å²) in [6.07, 6.45) is -0.122. The molecule has 29 heavy (non-hydrogen) atoms. The van der Waals surface area contributed by atoms with E-state index in [2.05, 4.69) is 5.32 Å². The monoisotopic (exact) mass is 396 g/mol. The molecule has 0 saturated heterocycles. The summed E-state index contributed by atoms with van der Waals surface area (Å²) in [6.45, 7) is 2.19. The summed E-state index contributed by atoms with van der Waals surface area (Å²) in [5.74, 6) is 0.439. The molecule has 0 radical (unpaired) electrons. The van der Waals surface area contributed by atoms with Crippen LogP contribution in [0.15, 0.2) is 42.5 Å². The van der Waals surface area contributed by atoms with Crippen molar-refractivity contribution in [3.05, 3.63) is 48.0 Å². The summed E-state index contributed by atoms with van der Waals surface area (Å²) < 4.78 is 21.6. The van der Waals surface area contributed by atoms with Crippen LogP contribution in [0.2, 0.25) is 0 Å². The molecule has 1 aliphatic heterocycles. The Bertz CT molecular complexity index is 920. The fraction of sp³-hybridized carbons (Fsp3) is 0.286. The van der Waals surface area contributed by atoms with E-state index in [4.69, 9.17) is 24.2 Å². The maximum atomic E-state index is 12.1. The zero-order valence-electron chi connectivity index (χ0n) is 15.8. The molecule has 1 amide bonds. The van der Waals surface area contributed by atoms with E-state index in [1.54, 1.807) is 42.5 Å².